The summed E-state index contributed by atoms with van der Waals surface area (Å²) >= 11 is 0. The summed E-state index contributed by atoms with van der Waals surface area (Å²) in [6, 6.07) is 0. The Morgan fingerprint density at radius 3 is 1.70 bits per heavy atom. The molecule has 1 N–H and O–H groups in total. The first-order valence-corrected chi connectivity index (χ1v) is 11.8. The molecule has 0 amide bonds. The Balaban J connectivity index is 0. The molecule has 0 unspecified atom stereocenters. The summed E-state index contributed by atoms with van der Waals surface area (Å²) in [5, 5.41) is 8.20. The van der Waals surface area contributed by atoms with Crippen LogP contribution in [0.15, 0.2) is 0 Å². The van der Waals surface area contributed by atoms with Gasteiger partial charge in [-0.15, -0.1) is 0 Å². The molecule has 0 aromatic carbocycles. The zero-order valence-electron chi connectivity index (χ0n) is 15.9. The van der Waals surface area contributed by atoms with Crippen LogP contribution in [-0.2, 0) is 19.0 Å². The van der Waals surface area contributed by atoms with Crippen LogP contribution in [0.1, 0.15) is 41.0 Å². The Labute approximate surface area is 143 Å². The van der Waals surface area contributed by atoms with Gasteiger partial charge >= 0.3 is 83.5 Å². The van der Waals surface area contributed by atoms with E-state index in [9.17, 15) is 4.79 Å². The van der Waals surface area contributed by atoms with Crippen LogP contribution in [0, 0.1) is 0 Å². The Morgan fingerprint density at radius 2 is 1.26 bits per heavy atom. The van der Waals surface area contributed by atoms with E-state index in [0.29, 0.717) is 19.8 Å². The van der Waals surface area contributed by atoms with E-state index >= 15 is 0 Å². The van der Waals surface area contributed by atoms with Gasteiger partial charge in [-0.2, -0.15) is 0 Å². The minimum absolute atomic E-state index is 0.0616. The summed E-state index contributed by atoms with van der Waals surface area (Å²) in [4.78, 5) is 9.98. The fourth-order valence-corrected chi connectivity index (χ4v) is 5.38. The molecule has 0 aromatic rings. The summed E-state index contributed by atoms with van der Waals surface area (Å²) in [5.74, 6) is -0.832. The van der Waals surface area contributed by atoms with E-state index in [-0.39, 0.29) is 13.0 Å². The van der Waals surface area contributed by atoms with Crippen molar-refractivity contribution in [2.45, 2.75) is 41.0 Å². The van der Waals surface area contributed by atoms with Crippen molar-refractivity contribution >= 4 is 13.2 Å². The standard InChI is InChI=1S/C10H25OP.C7H14O4/c1-5-11-9-10-12(6-2,7-3)8-4;1-2-10-5-6-11-4-3-7(8)9/h12H,5-10H2,1-4H3;2-6H2,1H3,(H,8,9). The Morgan fingerprint density at radius 1 is 0.783 bits per heavy atom. The molecule has 0 rings (SSSR count). The third-order valence-corrected chi connectivity index (χ3v) is 10.0. The number of carboxylic acid groups (broad SMARTS) is 1. The molecule has 0 aliphatic rings. The number of ether oxygens (including phenoxy) is 3. The number of aliphatic carboxylic acids is 1. The van der Waals surface area contributed by atoms with E-state index in [1.54, 1.807) is 0 Å². The summed E-state index contributed by atoms with van der Waals surface area (Å²) in [6.45, 7) is 14.9. The molecule has 0 bridgehead atoms. The second-order valence-electron chi connectivity index (χ2n) is 5.46. The van der Waals surface area contributed by atoms with Crippen molar-refractivity contribution in [3.8, 4) is 0 Å². The third-order valence-electron chi connectivity index (χ3n) is 4.27. The van der Waals surface area contributed by atoms with Gasteiger partial charge in [0.15, 0.2) is 0 Å². The number of hydrogen-bond donors (Lipinski definition) is 1. The van der Waals surface area contributed by atoms with Gasteiger partial charge in [0.1, 0.15) is 0 Å². The molecular formula is C17H39O5P. The van der Waals surface area contributed by atoms with Gasteiger partial charge in [0, 0.05) is 6.61 Å². The minimum atomic E-state index is -0.880. The van der Waals surface area contributed by atoms with Crippen LogP contribution in [0.2, 0.25) is 0 Å². The molecule has 0 aliphatic heterocycles. The topological polar surface area (TPSA) is 65.0 Å². The van der Waals surface area contributed by atoms with Crippen molar-refractivity contribution in [1.82, 2.24) is 0 Å². The van der Waals surface area contributed by atoms with E-state index in [1.165, 1.54) is 24.6 Å². The van der Waals surface area contributed by atoms with Crippen molar-refractivity contribution in [1.29, 1.82) is 0 Å². The predicted molar refractivity (Wildman–Crippen MR) is 101 cm³/mol. The van der Waals surface area contributed by atoms with Gasteiger partial charge in [0.05, 0.1) is 26.2 Å². The molecule has 0 heterocycles. The van der Waals surface area contributed by atoms with Crippen LogP contribution in [0.4, 0.5) is 0 Å². The van der Waals surface area contributed by atoms with Crippen LogP contribution in [0.5, 0.6) is 0 Å². The van der Waals surface area contributed by atoms with Gasteiger partial charge in [-0.25, -0.2) is 0 Å². The second kappa shape index (κ2) is 18.1. The summed E-state index contributed by atoms with van der Waals surface area (Å²) in [7, 11) is -0.880. The van der Waals surface area contributed by atoms with E-state index in [2.05, 4.69) is 27.7 Å². The fraction of sp³-hybridized carbons (Fsp3) is 0.941. The van der Waals surface area contributed by atoms with Crippen LogP contribution in [0.25, 0.3) is 0 Å². The Hall–Kier alpha value is -0.220. The van der Waals surface area contributed by atoms with E-state index in [4.69, 9.17) is 19.3 Å². The molecule has 0 fully saturated rings. The third kappa shape index (κ3) is 16.4. The first kappa shape index (κ1) is 25.0. The van der Waals surface area contributed by atoms with Gasteiger partial charge < -0.3 is 14.6 Å². The molecule has 0 aliphatic carbocycles. The Kier molecular flexibility index (Phi) is 19.7. The number of carboxylic acids is 1. The zero-order valence-corrected chi connectivity index (χ0v) is 16.9. The fourth-order valence-electron chi connectivity index (χ4n) is 2.24. The maximum absolute atomic E-state index is 9.98. The number of carbonyl (C=O) groups is 1. The molecule has 0 saturated carbocycles. The van der Waals surface area contributed by atoms with E-state index in [0.717, 1.165) is 13.2 Å². The SMILES string of the molecule is CCOCCOCCC(=O)O.CCOCC[PH](CC)(CC)CC. The van der Waals surface area contributed by atoms with Crippen molar-refractivity contribution in [2.24, 2.45) is 0 Å². The first-order valence-electron chi connectivity index (χ1n) is 8.96. The molecule has 0 atom stereocenters. The zero-order chi connectivity index (χ0) is 18.0. The summed E-state index contributed by atoms with van der Waals surface area (Å²) in [6.07, 6.45) is 5.70. The van der Waals surface area contributed by atoms with Crippen LogP contribution in [-0.4, -0.2) is 75.4 Å². The average Bonchev–Trinajstić information content (AvgIpc) is 2.56. The second-order valence-corrected chi connectivity index (χ2v) is 11.1. The normalized spacial score (nSPS) is 11.7. The monoisotopic (exact) mass is 354 g/mol. The molecule has 0 radical (unpaired) electrons. The van der Waals surface area contributed by atoms with E-state index < -0.39 is 13.2 Å². The van der Waals surface area contributed by atoms with Gasteiger partial charge in [-0.05, 0) is 6.92 Å². The van der Waals surface area contributed by atoms with Crippen LogP contribution < -0.4 is 0 Å². The van der Waals surface area contributed by atoms with E-state index in [1.807, 2.05) is 6.92 Å². The van der Waals surface area contributed by atoms with Gasteiger partial charge in [0.2, 0.25) is 0 Å². The van der Waals surface area contributed by atoms with Crippen molar-refractivity contribution in [3.63, 3.8) is 0 Å². The molecule has 23 heavy (non-hydrogen) atoms. The first-order chi connectivity index (χ1) is 11.0. The predicted octanol–water partition coefficient (Wildman–Crippen LogP) is 3.35. The van der Waals surface area contributed by atoms with Crippen molar-refractivity contribution in [2.75, 3.05) is 64.3 Å². The van der Waals surface area contributed by atoms with Crippen LogP contribution >= 0.6 is 7.26 Å². The molecule has 5 nitrogen and oxygen atoms in total. The Bertz CT molecular complexity index is 249. The number of hydrogen-bond acceptors (Lipinski definition) is 4. The molecular weight excluding hydrogens is 315 g/mol. The summed E-state index contributed by atoms with van der Waals surface area (Å²) < 4.78 is 15.3. The number of rotatable bonds is 14. The van der Waals surface area contributed by atoms with Crippen LogP contribution in [0.3, 0.4) is 0 Å². The summed E-state index contributed by atoms with van der Waals surface area (Å²) in [5.41, 5.74) is 0. The maximum atomic E-state index is 9.98. The molecule has 142 valence electrons. The quantitative estimate of drug-likeness (QED) is 0.383. The van der Waals surface area contributed by atoms with Crippen molar-refractivity contribution < 1.29 is 24.1 Å². The molecule has 0 saturated heterocycles. The molecule has 0 spiro atoms. The van der Waals surface area contributed by atoms with Gasteiger partial charge in [-0.3, -0.25) is 4.79 Å². The van der Waals surface area contributed by atoms with Gasteiger partial charge in [0.25, 0.3) is 0 Å². The van der Waals surface area contributed by atoms with Crippen molar-refractivity contribution in [3.05, 3.63) is 0 Å². The van der Waals surface area contributed by atoms with Gasteiger partial charge in [-0.1, -0.05) is 0 Å². The molecule has 0 aromatic heterocycles. The average molecular weight is 354 g/mol. The molecule has 6 heteroatoms.